The lowest BCUT2D eigenvalue weighted by atomic mass is 10.0. The number of fused-ring (bicyclic) bond motifs is 7. The van der Waals surface area contributed by atoms with Crippen molar-refractivity contribution in [3.63, 3.8) is 0 Å². The second-order valence-electron chi connectivity index (χ2n) is 8.14. The average Bonchev–Trinajstić information content (AvgIpc) is 3.21. The Morgan fingerprint density at radius 2 is 1.25 bits per heavy atom. The highest BCUT2D eigenvalue weighted by molar-refractivity contribution is 7.99. The van der Waals surface area contributed by atoms with Crippen molar-refractivity contribution in [2.24, 2.45) is 0 Å². The van der Waals surface area contributed by atoms with Crippen molar-refractivity contribution in [2.45, 2.75) is 9.79 Å². The van der Waals surface area contributed by atoms with Crippen LogP contribution in [0.4, 0.5) is 17.1 Å². The number of carbonyl (C=O) groups excluding carboxylic acids is 1. The summed E-state index contributed by atoms with van der Waals surface area (Å²) in [6.07, 6.45) is 0. The molecule has 0 saturated heterocycles. The molecule has 0 fully saturated rings. The molecule has 0 unspecified atom stereocenters. The van der Waals surface area contributed by atoms with Gasteiger partial charge in [-0.2, -0.15) is 0 Å². The molecule has 0 atom stereocenters. The van der Waals surface area contributed by atoms with Gasteiger partial charge in [0.2, 0.25) is 0 Å². The number of anilines is 3. The summed E-state index contributed by atoms with van der Waals surface area (Å²) in [5.74, 6) is 0.123. The van der Waals surface area contributed by atoms with Crippen LogP contribution in [0.2, 0.25) is 0 Å². The van der Waals surface area contributed by atoms with E-state index in [0.29, 0.717) is 0 Å². The van der Waals surface area contributed by atoms with Gasteiger partial charge in [0.15, 0.2) is 5.78 Å². The zero-order chi connectivity index (χ0) is 21.2. The van der Waals surface area contributed by atoms with Crippen LogP contribution in [0.3, 0.4) is 0 Å². The smallest absolute Gasteiger partial charge is 0.194 e. The van der Waals surface area contributed by atoms with Crippen LogP contribution in [-0.4, -0.2) is 5.78 Å². The Labute approximate surface area is 190 Å². The van der Waals surface area contributed by atoms with Crippen molar-refractivity contribution in [2.75, 3.05) is 4.90 Å². The number of benzene rings is 3. The molecular formula is C29H17NOS. The van der Waals surface area contributed by atoms with Gasteiger partial charge in [0.05, 0.1) is 11.4 Å². The minimum Gasteiger partial charge on any atom is -0.308 e. The first-order valence-electron chi connectivity index (χ1n) is 10.7. The Bertz CT molecular complexity index is 1490. The Morgan fingerprint density at radius 3 is 2.03 bits per heavy atom. The molecule has 3 heteroatoms. The third-order valence-corrected chi connectivity index (χ3v) is 7.50. The highest BCUT2D eigenvalue weighted by Crippen LogP contribution is 2.53. The molecule has 7 rings (SSSR count). The van der Waals surface area contributed by atoms with Crippen LogP contribution in [0.25, 0.3) is 22.3 Å². The van der Waals surface area contributed by atoms with Crippen LogP contribution in [0.5, 0.6) is 0 Å². The third-order valence-electron chi connectivity index (χ3n) is 6.37. The molecule has 0 spiro atoms. The maximum absolute atomic E-state index is 13.3. The molecule has 0 bridgehead atoms. The first-order chi connectivity index (χ1) is 15.8. The maximum atomic E-state index is 13.3. The number of hydrogen-bond acceptors (Lipinski definition) is 3. The van der Waals surface area contributed by atoms with Gasteiger partial charge in [-0.3, -0.25) is 4.79 Å². The first kappa shape index (κ1) is 17.8. The average molecular weight is 428 g/mol. The summed E-state index contributed by atoms with van der Waals surface area (Å²) in [5.41, 5.74) is 9.22. The molecule has 150 valence electrons. The summed E-state index contributed by atoms with van der Waals surface area (Å²) >= 11 is 1.80. The van der Waals surface area contributed by atoms with Crippen molar-refractivity contribution in [1.82, 2.24) is 0 Å². The third kappa shape index (κ3) is 2.40. The van der Waals surface area contributed by atoms with E-state index < -0.39 is 0 Å². The van der Waals surface area contributed by atoms with Gasteiger partial charge in [0, 0.05) is 26.6 Å². The zero-order valence-electron chi connectivity index (χ0n) is 17.1. The normalized spacial score (nSPS) is 13.5. The molecule has 3 aromatic carbocycles. The molecule has 32 heavy (non-hydrogen) atoms. The lowest BCUT2D eigenvalue weighted by Gasteiger charge is -2.33. The quantitative estimate of drug-likeness (QED) is 0.265. The van der Waals surface area contributed by atoms with E-state index >= 15 is 0 Å². The molecule has 0 amide bonds. The van der Waals surface area contributed by atoms with E-state index in [1.165, 1.54) is 21.2 Å². The predicted molar refractivity (Wildman–Crippen MR) is 131 cm³/mol. The van der Waals surface area contributed by atoms with Gasteiger partial charge in [-0.25, -0.2) is 0 Å². The van der Waals surface area contributed by atoms with Crippen LogP contribution in [0.1, 0.15) is 15.9 Å². The van der Waals surface area contributed by atoms with Gasteiger partial charge in [0.25, 0.3) is 0 Å². The largest absolute Gasteiger partial charge is 0.308 e. The van der Waals surface area contributed by atoms with Crippen molar-refractivity contribution < 1.29 is 4.79 Å². The molecule has 4 aliphatic rings. The van der Waals surface area contributed by atoms with E-state index in [4.69, 9.17) is 0 Å². The summed E-state index contributed by atoms with van der Waals surface area (Å²) in [4.78, 5) is 18.1. The molecule has 1 heterocycles. The van der Waals surface area contributed by atoms with Crippen molar-refractivity contribution in [1.29, 1.82) is 0 Å². The van der Waals surface area contributed by atoms with E-state index in [0.717, 1.165) is 39.1 Å². The van der Waals surface area contributed by atoms with Crippen LogP contribution in [-0.2, 0) is 0 Å². The second-order valence-corrected chi connectivity index (χ2v) is 9.23. The lowest BCUT2D eigenvalue weighted by Crippen LogP contribution is -2.14. The summed E-state index contributed by atoms with van der Waals surface area (Å²) in [5, 5.41) is 0. The molecular weight excluding hydrogens is 410 g/mol. The molecule has 0 aromatic heterocycles. The van der Waals surface area contributed by atoms with Gasteiger partial charge in [-0.05, 0) is 70.8 Å². The monoisotopic (exact) mass is 427 g/mol. The Kier molecular flexibility index (Phi) is 3.67. The van der Waals surface area contributed by atoms with Crippen LogP contribution in [0.15, 0.2) is 113 Å². The number of carbonyl (C=O) groups is 1. The topological polar surface area (TPSA) is 20.3 Å². The van der Waals surface area contributed by atoms with E-state index in [1.54, 1.807) is 11.8 Å². The van der Waals surface area contributed by atoms with Gasteiger partial charge in [0.1, 0.15) is 0 Å². The SMILES string of the molecule is O=C1c2ccc(N3c4ccccc4Sc4ccccc43)cc2-c2cc3cccccc-3c21. The van der Waals surface area contributed by atoms with E-state index in [1.807, 2.05) is 30.3 Å². The molecule has 1 aliphatic heterocycles. The summed E-state index contributed by atoms with van der Waals surface area (Å²) in [6.45, 7) is 0. The minimum absolute atomic E-state index is 0.123. The van der Waals surface area contributed by atoms with E-state index in [2.05, 4.69) is 77.7 Å². The minimum atomic E-state index is 0.123. The standard InChI is InChI=1S/C29H17NOS/c31-29-21-15-14-19(17-22(21)23-16-18-8-2-1-3-9-20(18)28(23)29)30-24-10-4-6-12-26(24)32-27-13-7-5-11-25(27)30/h1-17H. The summed E-state index contributed by atoms with van der Waals surface area (Å²) in [7, 11) is 0. The fraction of sp³-hybridized carbons (Fsp3) is 0. The van der Waals surface area contributed by atoms with Gasteiger partial charge in [-0.1, -0.05) is 66.4 Å². The number of para-hydroxylation sites is 2. The fourth-order valence-corrected chi connectivity index (χ4v) is 6.01. The highest BCUT2D eigenvalue weighted by atomic mass is 32.2. The fourth-order valence-electron chi connectivity index (χ4n) is 4.95. The number of nitrogens with zero attached hydrogens (tertiary/aromatic N) is 1. The number of rotatable bonds is 1. The van der Waals surface area contributed by atoms with Gasteiger partial charge >= 0.3 is 0 Å². The molecule has 3 aliphatic carbocycles. The Hall–Kier alpha value is -3.82. The molecule has 3 aromatic rings. The maximum Gasteiger partial charge on any atom is 0.194 e. The Morgan fingerprint density at radius 1 is 0.562 bits per heavy atom. The summed E-state index contributed by atoms with van der Waals surface area (Å²) in [6, 6.07) is 35.6. The number of ketones is 1. The first-order valence-corrected chi connectivity index (χ1v) is 11.5. The molecule has 0 N–H and O–H groups in total. The molecule has 2 nitrogen and oxygen atoms in total. The molecule has 0 saturated carbocycles. The zero-order valence-corrected chi connectivity index (χ0v) is 17.9. The Balaban J connectivity index is 1.46. The van der Waals surface area contributed by atoms with Gasteiger partial charge in [-0.15, -0.1) is 0 Å². The van der Waals surface area contributed by atoms with Crippen LogP contribution >= 0.6 is 11.8 Å². The highest BCUT2D eigenvalue weighted by Gasteiger charge is 2.33. The van der Waals surface area contributed by atoms with Crippen LogP contribution in [0, 0.1) is 0 Å². The number of hydrogen-bond donors (Lipinski definition) is 0. The van der Waals surface area contributed by atoms with Crippen molar-refractivity contribution >= 4 is 34.6 Å². The predicted octanol–water partition coefficient (Wildman–Crippen LogP) is 7.94. The van der Waals surface area contributed by atoms with Crippen LogP contribution < -0.4 is 4.90 Å². The van der Waals surface area contributed by atoms with E-state index in [-0.39, 0.29) is 5.78 Å². The van der Waals surface area contributed by atoms with E-state index in [9.17, 15) is 4.79 Å². The lowest BCUT2D eigenvalue weighted by molar-refractivity contribution is 0.104. The second kappa shape index (κ2) is 6.59. The summed E-state index contributed by atoms with van der Waals surface area (Å²) < 4.78 is 0. The van der Waals surface area contributed by atoms with Crippen molar-refractivity contribution in [3.8, 4) is 22.3 Å². The van der Waals surface area contributed by atoms with Crippen molar-refractivity contribution in [3.05, 3.63) is 114 Å². The van der Waals surface area contributed by atoms with Gasteiger partial charge < -0.3 is 4.90 Å². The molecule has 0 radical (unpaired) electrons.